The Hall–Kier alpha value is -3.52. The molecular formula is C26H21NO. The molecule has 0 aliphatic heterocycles. The molecule has 0 aliphatic carbocycles. The van der Waals surface area contributed by atoms with Gasteiger partial charge in [-0.05, 0) is 68.9 Å². The fourth-order valence-corrected chi connectivity index (χ4v) is 3.89. The second kappa shape index (κ2) is 6.90. The average molecular weight is 363 g/mol. The number of hydrogen-bond donors (Lipinski definition) is 1. The highest BCUT2D eigenvalue weighted by Crippen LogP contribution is 2.36. The van der Waals surface area contributed by atoms with Crippen molar-refractivity contribution in [1.82, 2.24) is 0 Å². The van der Waals surface area contributed by atoms with E-state index < -0.39 is 0 Å². The van der Waals surface area contributed by atoms with E-state index in [4.69, 9.17) is 4.74 Å². The Morgan fingerprint density at radius 1 is 0.643 bits per heavy atom. The minimum atomic E-state index is 0.793. The van der Waals surface area contributed by atoms with Crippen molar-refractivity contribution in [3.63, 3.8) is 0 Å². The molecule has 0 spiro atoms. The van der Waals surface area contributed by atoms with Gasteiger partial charge in [0.15, 0.2) is 0 Å². The van der Waals surface area contributed by atoms with Crippen LogP contribution in [0.5, 0.6) is 5.75 Å². The normalized spacial score (nSPS) is 11.2. The largest absolute Gasteiger partial charge is 0.497 e. The van der Waals surface area contributed by atoms with Gasteiger partial charge >= 0.3 is 0 Å². The maximum atomic E-state index is 5.51. The first-order valence-corrected chi connectivity index (χ1v) is 9.53. The van der Waals surface area contributed by atoms with E-state index in [2.05, 4.69) is 84.2 Å². The molecule has 5 rings (SSSR count). The maximum Gasteiger partial charge on any atom is 0.119 e. The zero-order chi connectivity index (χ0) is 18.9. The highest BCUT2D eigenvalue weighted by atomic mass is 16.5. The van der Waals surface area contributed by atoms with Crippen molar-refractivity contribution in [1.29, 1.82) is 0 Å². The van der Waals surface area contributed by atoms with Crippen LogP contribution in [0.1, 0.15) is 5.56 Å². The van der Waals surface area contributed by atoms with E-state index in [1.54, 1.807) is 7.11 Å². The number of rotatable bonds is 4. The first kappa shape index (κ1) is 16.6. The maximum absolute atomic E-state index is 5.51. The van der Waals surface area contributed by atoms with Crippen LogP contribution in [0.3, 0.4) is 0 Å². The Kier molecular flexibility index (Phi) is 4.10. The highest BCUT2D eigenvalue weighted by Gasteiger charge is 2.09. The van der Waals surface area contributed by atoms with E-state index in [0.29, 0.717) is 0 Å². The molecular weight excluding hydrogens is 342 g/mol. The summed E-state index contributed by atoms with van der Waals surface area (Å²) in [5.74, 6) is 0.877. The summed E-state index contributed by atoms with van der Waals surface area (Å²) < 4.78 is 5.51. The molecule has 0 bridgehead atoms. The van der Waals surface area contributed by atoms with E-state index in [9.17, 15) is 0 Å². The lowest BCUT2D eigenvalue weighted by molar-refractivity contribution is 0.415. The summed E-state index contributed by atoms with van der Waals surface area (Å²) in [6, 6.07) is 32.2. The third-order valence-electron chi connectivity index (χ3n) is 5.35. The van der Waals surface area contributed by atoms with Crippen molar-refractivity contribution in [2.24, 2.45) is 0 Å². The molecule has 5 aromatic carbocycles. The molecule has 2 nitrogen and oxygen atoms in total. The summed E-state index contributed by atoms with van der Waals surface area (Å²) in [5.41, 5.74) is 2.41. The van der Waals surface area contributed by atoms with Gasteiger partial charge < -0.3 is 10.1 Å². The molecule has 0 aromatic heterocycles. The number of anilines is 1. The quantitative estimate of drug-likeness (QED) is 0.281. The van der Waals surface area contributed by atoms with Gasteiger partial charge in [-0.2, -0.15) is 0 Å². The fourth-order valence-electron chi connectivity index (χ4n) is 3.89. The number of benzene rings is 5. The Labute approximate surface area is 164 Å². The molecule has 2 heteroatoms. The minimum Gasteiger partial charge on any atom is -0.497 e. The molecule has 0 aliphatic rings. The molecule has 0 amide bonds. The van der Waals surface area contributed by atoms with Crippen molar-refractivity contribution in [2.45, 2.75) is 6.54 Å². The molecule has 0 saturated heterocycles. The van der Waals surface area contributed by atoms with Crippen LogP contribution in [0, 0.1) is 0 Å². The molecule has 0 radical (unpaired) electrons. The van der Waals surface area contributed by atoms with Gasteiger partial charge in [0.05, 0.1) is 7.11 Å². The van der Waals surface area contributed by atoms with Gasteiger partial charge in [-0.3, -0.25) is 0 Å². The van der Waals surface area contributed by atoms with Gasteiger partial charge in [0.1, 0.15) is 5.75 Å². The van der Waals surface area contributed by atoms with Gasteiger partial charge in [0.2, 0.25) is 0 Å². The third-order valence-corrected chi connectivity index (χ3v) is 5.35. The van der Waals surface area contributed by atoms with Crippen LogP contribution in [0.2, 0.25) is 0 Å². The zero-order valence-electron chi connectivity index (χ0n) is 15.8. The smallest absolute Gasteiger partial charge is 0.119 e. The van der Waals surface area contributed by atoms with Crippen molar-refractivity contribution >= 4 is 38.0 Å². The summed E-state index contributed by atoms with van der Waals surface area (Å²) in [7, 11) is 1.72. The van der Waals surface area contributed by atoms with Crippen molar-refractivity contribution < 1.29 is 4.74 Å². The van der Waals surface area contributed by atoms with E-state index in [-0.39, 0.29) is 0 Å². The van der Waals surface area contributed by atoms with Gasteiger partial charge in [0, 0.05) is 17.6 Å². The number of methoxy groups -OCH3 is 1. The summed E-state index contributed by atoms with van der Waals surface area (Å²) in [4.78, 5) is 0. The minimum absolute atomic E-state index is 0.793. The Bertz CT molecular complexity index is 1290. The van der Waals surface area contributed by atoms with Crippen LogP contribution in [0.15, 0.2) is 91.0 Å². The van der Waals surface area contributed by atoms with Crippen LogP contribution >= 0.6 is 0 Å². The van der Waals surface area contributed by atoms with Gasteiger partial charge in [-0.1, -0.05) is 54.6 Å². The predicted octanol–water partition coefficient (Wildman–Crippen LogP) is 6.77. The first-order chi connectivity index (χ1) is 13.8. The van der Waals surface area contributed by atoms with Gasteiger partial charge in [0.25, 0.3) is 0 Å². The van der Waals surface area contributed by atoms with Crippen LogP contribution in [-0.2, 0) is 6.54 Å². The monoisotopic (exact) mass is 363 g/mol. The number of hydrogen-bond acceptors (Lipinski definition) is 2. The Morgan fingerprint density at radius 2 is 1.39 bits per heavy atom. The number of nitrogens with one attached hydrogen (secondary N) is 1. The molecule has 0 unspecified atom stereocenters. The second-order valence-electron chi connectivity index (χ2n) is 7.10. The van der Waals surface area contributed by atoms with Crippen molar-refractivity contribution in [2.75, 3.05) is 12.4 Å². The van der Waals surface area contributed by atoms with E-state index in [1.165, 1.54) is 37.9 Å². The van der Waals surface area contributed by atoms with E-state index in [1.807, 2.05) is 12.1 Å². The highest BCUT2D eigenvalue weighted by molar-refractivity contribution is 6.16. The second-order valence-corrected chi connectivity index (χ2v) is 7.10. The lowest BCUT2D eigenvalue weighted by Crippen LogP contribution is -2.00. The van der Waals surface area contributed by atoms with Crippen molar-refractivity contribution in [3.05, 3.63) is 96.6 Å². The molecule has 0 fully saturated rings. The van der Waals surface area contributed by atoms with Gasteiger partial charge in [-0.15, -0.1) is 0 Å². The predicted molar refractivity (Wildman–Crippen MR) is 119 cm³/mol. The van der Waals surface area contributed by atoms with Crippen molar-refractivity contribution in [3.8, 4) is 5.75 Å². The Morgan fingerprint density at radius 3 is 2.18 bits per heavy atom. The van der Waals surface area contributed by atoms with Crippen LogP contribution in [0.25, 0.3) is 32.3 Å². The summed E-state index contributed by atoms with van der Waals surface area (Å²) in [6.45, 7) is 0.793. The van der Waals surface area contributed by atoms with Crippen LogP contribution in [0.4, 0.5) is 5.69 Å². The molecule has 0 saturated carbocycles. The molecule has 136 valence electrons. The first-order valence-electron chi connectivity index (χ1n) is 9.53. The van der Waals surface area contributed by atoms with Crippen LogP contribution < -0.4 is 10.1 Å². The summed E-state index contributed by atoms with van der Waals surface area (Å²) >= 11 is 0. The summed E-state index contributed by atoms with van der Waals surface area (Å²) in [6.07, 6.45) is 0. The molecule has 1 N–H and O–H groups in total. The third kappa shape index (κ3) is 2.93. The van der Waals surface area contributed by atoms with Gasteiger partial charge in [-0.25, -0.2) is 0 Å². The summed E-state index contributed by atoms with van der Waals surface area (Å²) in [5, 5.41) is 11.0. The zero-order valence-corrected chi connectivity index (χ0v) is 15.8. The Balaban J connectivity index is 1.72. The topological polar surface area (TPSA) is 21.3 Å². The SMILES string of the molecule is COc1ccc2c(NCc3ccccc3)cc3cc4ccccc4cc3c2c1. The molecule has 0 heterocycles. The lowest BCUT2D eigenvalue weighted by Gasteiger charge is -2.15. The number of fused-ring (bicyclic) bond motifs is 4. The fraction of sp³-hybridized carbons (Fsp3) is 0.0769. The lowest BCUT2D eigenvalue weighted by atomic mass is 9.96. The van der Waals surface area contributed by atoms with Crippen LogP contribution in [-0.4, -0.2) is 7.11 Å². The molecule has 28 heavy (non-hydrogen) atoms. The van der Waals surface area contributed by atoms with E-state index >= 15 is 0 Å². The van der Waals surface area contributed by atoms with E-state index in [0.717, 1.165) is 18.0 Å². The average Bonchev–Trinajstić information content (AvgIpc) is 2.76. The standard InChI is InChI=1S/C26H21NO/c1-28-22-11-12-23-25(16-22)24-14-20-10-6-5-9-19(20)13-21(24)15-26(23)27-17-18-7-3-2-4-8-18/h2-16,27H,17H2,1H3. The number of ether oxygens (including phenoxy) is 1. The molecule has 0 atom stereocenters. The molecule has 5 aromatic rings.